The molecule has 3 heterocycles. The maximum atomic E-state index is 13.2. The second-order valence-corrected chi connectivity index (χ2v) is 14.3. The van der Waals surface area contributed by atoms with Crippen molar-refractivity contribution >= 4 is 29.3 Å². The van der Waals surface area contributed by atoms with Crippen molar-refractivity contribution in [2.24, 2.45) is 5.92 Å². The monoisotopic (exact) mass is 757 g/mol. The third-order valence-electron chi connectivity index (χ3n) is 9.67. The van der Waals surface area contributed by atoms with Crippen LogP contribution in [-0.2, 0) is 25.7 Å². The van der Waals surface area contributed by atoms with Crippen LogP contribution in [0, 0.1) is 5.92 Å². The lowest BCUT2D eigenvalue weighted by Crippen LogP contribution is -2.48. The number of hydrogen-bond donors (Lipinski definition) is 2. The molecule has 2 aliphatic heterocycles. The van der Waals surface area contributed by atoms with Crippen molar-refractivity contribution in [2.45, 2.75) is 62.3 Å². The molecule has 1 aromatic heterocycles. The highest BCUT2D eigenvalue weighted by molar-refractivity contribution is 7.99. The van der Waals surface area contributed by atoms with E-state index >= 15 is 0 Å². The van der Waals surface area contributed by atoms with Crippen LogP contribution < -0.4 is 5.32 Å². The molecule has 13 heteroatoms. The first kappa shape index (κ1) is 37.4. The first-order valence-electron chi connectivity index (χ1n) is 17.6. The molecule has 9 nitrogen and oxygen atoms in total. The highest BCUT2D eigenvalue weighted by Crippen LogP contribution is 2.44. The lowest BCUT2D eigenvalue weighted by Gasteiger charge is -2.41. The van der Waals surface area contributed by atoms with Gasteiger partial charge in [0.15, 0.2) is 12.1 Å². The van der Waals surface area contributed by atoms with Crippen molar-refractivity contribution in [2.75, 3.05) is 17.6 Å². The number of oxazole rings is 1. The largest absolute Gasteiger partial charge is 0.471 e. The summed E-state index contributed by atoms with van der Waals surface area (Å²) >= 11 is 1.42. The van der Waals surface area contributed by atoms with Gasteiger partial charge in [-0.15, -0.1) is 0 Å². The smallest absolute Gasteiger partial charge is 0.431 e. The molecule has 7 rings (SSSR count). The SMILES string of the molecule is C[C@@H]1[C@H](CSc2nc(-c3ccccc3)c(-c3ccccc3)o2)O[C@H](c2cccc(NC(=O)[C@@H]3CCCN3C(=O)C(F)(F)F)c2)O[C@@H]1c1ccc(CO)cc1. The first-order chi connectivity index (χ1) is 26.1. The minimum absolute atomic E-state index is 0.0973. The number of alkyl halides is 3. The zero-order valence-electron chi connectivity index (χ0n) is 29.2. The number of amides is 2. The molecule has 5 atom stereocenters. The maximum absolute atomic E-state index is 13.2. The Morgan fingerprint density at radius 1 is 0.907 bits per heavy atom. The molecule has 54 heavy (non-hydrogen) atoms. The van der Waals surface area contributed by atoms with Crippen LogP contribution in [-0.4, -0.2) is 57.4 Å². The zero-order chi connectivity index (χ0) is 37.8. The molecule has 0 spiro atoms. The molecule has 2 amide bonds. The Labute approximate surface area is 314 Å². The topological polar surface area (TPSA) is 114 Å². The average Bonchev–Trinajstić information content (AvgIpc) is 3.86. The van der Waals surface area contributed by atoms with Gasteiger partial charge in [0.05, 0.1) is 18.8 Å². The van der Waals surface area contributed by atoms with Gasteiger partial charge < -0.3 is 29.2 Å². The summed E-state index contributed by atoms with van der Waals surface area (Å²) in [4.78, 5) is 30.7. The minimum atomic E-state index is -5.07. The number of benzene rings is 4. The van der Waals surface area contributed by atoms with E-state index < -0.39 is 36.4 Å². The van der Waals surface area contributed by atoms with Gasteiger partial charge in [-0.05, 0) is 36.1 Å². The number of ether oxygens (including phenoxy) is 2. The Kier molecular flexibility index (Phi) is 11.2. The molecule has 2 aliphatic rings. The van der Waals surface area contributed by atoms with E-state index in [9.17, 15) is 27.9 Å². The van der Waals surface area contributed by atoms with Gasteiger partial charge >= 0.3 is 12.1 Å². The Balaban J connectivity index is 1.13. The van der Waals surface area contributed by atoms with Gasteiger partial charge in [-0.2, -0.15) is 13.2 Å². The number of halogens is 3. The number of aromatic nitrogens is 1. The predicted octanol–water partition coefficient (Wildman–Crippen LogP) is 8.58. The summed E-state index contributed by atoms with van der Waals surface area (Å²) in [6.07, 6.45) is -6.34. The Bertz CT molecular complexity index is 2010. The third-order valence-corrected chi connectivity index (χ3v) is 10.6. The van der Waals surface area contributed by atoms with Gasteiger partial charge in [0.2, 0.25) is 5.91 Å². The molecular weight excluding hydrogens is 720 g/mol. The molecular formula is C41H38F3N3O6S. The highest BCUT2D eigenvalue weighted by Gasteiger charge is 2.48. The number of carbonyl (C=O) groups is 2. The number of hydrogen-bond acceptors (Lipinski definition) is 8. The summed E-state index contributed by atoms with van der Waals surface area (Å²) in [5, 5.41) is 12.8. The van der Waals surface area contributed by atoms with E-state index in [0.717, 1.165) is 27.9 Å². The number of anilines is 1. The fourth-order valence-electron chi connectivity index (χ4n) is 6.84. The number of likely N-dealkylation sites (tertiary alicyclic amines) is 1. The van der Waals surface area contributed by atoms with Gasteiger partial charge in [-0.3, -0.25) is 9.59 Å². The summed E-state index contributed by atoms with van der Waals surface area (Å²) in [6.45, 7) is 1.80. The number of aliphatic hydroxyl groups excluding tert-OH is 1. The number of carbonyl (C=O) groups excluding carboxylic acids is 2. The van der Waals surface area contributed by atoms with E-state index in [2.05, 4.69) is 5.32 Å². The molecule has 5 aromatic rings. The fourth-order valence-corrected chi connectivity index (χ4v) is 7.82. The molecule has 0 unspecified atom stereocenters. The highest BCUT2D eigenvalue weighted by atomic mass is 32.2. The second kappa shape index (κ2) is 16.2. The van der Waals surface area contributed by atoms with Crippen molar-refractivity contribution in [3.05, 3.63) is 126 Å². The normalized spacial score (nSPS) is 21.6. The predicted molar refractivity (Wildman–Crippen MR) is 197 cm³/mol. The minimum Gasteiger partial charge on any atom is -0.431 e. The lowest BCUT2D eigenvalue weighted by atomic mass is 9.91. The second-order valence-electron chi connectivity index (χ2n) is 13.3. The number of rotatable bonds is 10. The average molecular weight is 758 g/mol. The van der Waals surface area contributed by atoms with Crippen molar-refractivity contribution in [3.63, 3.8) is 0 Å². The van der Waals surface area contributed by atoms with Crippen molar-refractivity contribution in [3.8, 4) is 22.6 Å². The van der Waals surface area contributed by atoms with Crippen LogP contribution in [0.15, 0.2) is 119 Å². The van der Waals surface area contributed by atoms with E-state index in [4.69, 9.17) is 18.9 Å². The summed E-state index contributed by atoms with van der Waals surface area (Å²) in [5.41, 5.74) is 5.10. The van der Waals surface area contributed by atoms with E-state index in [1.807, 2.05) is 91.9 Å². The molecule has 4 aromatic carbocycles. The summed E-state index contributed by atoms with van der Waals surface area (Å²) < 4.78 is 59.2. The number of nitrogens with one attached hydrogen (secondary N) is 1. The number of aliphatic hydroxyl groups is 1. The fraction of sp³-hybridized carbons (Fsp3) is 0.293. The van der Waals surface area contributed by atoms with E-state index in [1.54, 1.807) is 24.3 Å². The van der Waals surface area contributed by atoms with E-state index in [-0.39, 0.29) is 38.0 Å². The van der Waals surface area contributed by atoms with Crippen LogP contribution in [0.2, 0.25) is 0 Å². The Hall–Kier alpha value is -4.95. The third kappa shape index (κ3) is 8.24. The van der Waals surface area contributed by atoms with Gasteiger partial charge in [-0.25, -0.2) is 4.98 Å². The number of nitrogens with zero attached hydrogens (tertiary/aromatic N) is 2. The van der Waals surface area contributed by atoms with Crippen LogP contribution in [0.5, 0.6) is 0 Å². The molecule has 0 bridgehead atoms. The molecule has 0 saturated carbocycles. The van der Waals surface area contributed by atoms with Crippen molar-refractivity contribution in [1.82, 2.24) is 9.88 Å². The first-order valence-corrected chi connectivity index (χ1v) is 18.6. The van der Waals surface area contributed by atoms with Gasteiger partial charge in [0.25, 0.3) is 5.22 Å². The van der Waals surface area contributed by atoms with Crippen LogP contribution >= 0.6 is 11.8 Å². The summed E-state index contributed by atoms with van der Waals surface area (Å²) in [5.74, 6) is -1.75. The van der Waals surface area contributed by atoms with Crippen molar-refractivity contribution in [1.29, 1.82) is 0 Å². The lowest BCUT2D eigenvalue weighted by molar-refractivity contribution is -0.268. The molecule has 2 saturated heterocycles. The van der Waals surface area contributed by atoms with E-state index in [0.29, 0.717) is 32.9 Å². The number of thioether (sulfide) groups is 1. The standard InChI is InChI=1S/C41H38F3N3O6S/c1-25-33(24-54-40-46-34(27-10-4-2-5-11-27)36(53-40)28-12-6-3-7-13-28)51-38(52-35(25)29-19-17-26(23-48)18-20-29)30-14-8-15-31(22-30)45-37(49)32-16-9-21-47(32)39(50)41(42,43)44/h2-8,10-15,17-20,22,25,32-33,35,38,48H,9,16,21,23-24H2,1H3,(H,45,49)/t25-,32+,33+,35+,38+/m1/s1. The Morgan fingerprint density at radius 3 is 2.30 bits per heavy atom. The molecule has 280 valence electrons. The maximum Gasteiger partial charge on any atom is 0.471 e. The molecule has 2 N–H and O–H groups in total. The van der Waals surface area contributed by atoms with Crippen molar-refractivity contribution < 1.29 is 41.8 Å². The van der Waals surface area contributed by atoms with E-state index in [1.165, 1.54) is 11.8 Å². The molecule has 0 aliphatic carbocycles. The van der Waals surface area contributed by atoms with Gasteiger partial charge in [0, 0.05) is 40.6 Å². The van der Waals surface area contributed by atoms with Crippen LogP contribution in [0.1, 0.15) is 48.8 Å². The molecule has 2 fully saturated rings. The molecule has 0 radical (unpaired) electrons. The van der Waals surface area contributed by atoms with Gasteiger partial charge in [-0.1, -0.05) is 116 Å². The summed E-state index contributed by atoms with van der Waals surface area (Å²) in [6, 6.07) is 32.7. The van der Waals surface area contributed by atoms with Crippen LogP contribution in [0.25, 0.3) is 22.6 Å². The summed E-state index contributed by atoms with van der Waals surface area (Å²) in [7, 11) is 0. The van der Waals surface area contributed by atoms with Crippen LogP contribution in [0.4, 0.5) is 18.9 Å². The Morgan fingerprint density at radius 2 is 1.61 bits per heavy atom. The zero-order valence-corrected chi connectivity index (χ0v) is 30.1. The quantitative estimate of drug-likeness (QED) is 0.136. The van der Waals surface area contributed by atoms with Gasteiger partial charge in [0.1, 0.15) is 11.7 Å². The van der Waals surface area contributed by atoms with Crippen LogP contribution in [0.3, 0.4) is 0 Å².